The van der Waals surface area contributed by atoms with Crippen LogP contribution in [-0.4, -0.2) is 42.3 Å². The van der Waals surface area contributed by atoms with Gasteiger partial charge in [0.25, 0.3) is 0 Å². The summed E-state index contributed by atoms with van der Waals surface area (Å²) in [4.78, 5) is 38.4. The first-order chi connectivity index (χ1) is 13.6. The van der Waals surface area contributed by atoms with E-state index in [1.165, 1.54) is 0 Å². The second-order valence-electron chi connectivity index (χ2n) is 6.95. The third-order valence-electron chi connectivity index (χ3n) is 4.90. The number of nitrogens with zero attached hydrogens (tertiary/aromatic N) is 1. The van der Waals surface area contributed by atoms with E-state index in [1.807, 2.05) is 60.7 Å². The van der Waals surface area contributed by atoms with Crippen LogP contribution in [0.5, 0.6) is 0 Å². The Morgan fingerprint density at radius 1 is 0.893 bits per heavy atom. The van der Waals surface area contributed by atoms with E-state index in [1.54, 1.807) is 4.90 Å². The molecule has 1 aliphatic heterocycles. The van der Waals surface area contributed by atoms with Crippen molar-refractivity contribution in [3.8, 4) is 0 Å². The highest BCUT2D eigenvalue weighted by atomic mass is 16.2. The number of anilines is 1. The van der Waals surface area contributed by atoms with Crippen molar-refractivity contribution in [2.24, 2.45) is 5.92 Å². The number of rotatable bonds is 6. The van der Waals surface area contributed by atoms with E-state index in [4.69, 9.17) is 0 Å². The van der Waals surface area contributed by atoms with Gasteiger partial charge in [0.15, 0.2) is 0 Å². The molecule has 0 aliphatic carbocycles. The van der Waals surface area contributed by atoms with Crippen LogP contribution in [0, 0.1) is 5.92 Å². The van der Waals surface area contributed by atoms with Crippen LogP contribution in [0.4, 0.5) is 5.69 Å². The van der Waals surface area contributed by atoms with E-state index in [0.29, 0.717) is 25.9 Å². The Kier molecular flexibility index (Phi) is 6.78. The van der Waals surface area contributed by atoms with Crippen molar-refractivity contribution in [2.45, 2.75) is 19.3 Å². The lowest BCUT2D eigenvalue weighted by Gasteiger charge is -2.31. The molecule has 2 aromatic rings. The highest BCUT2D eigenvalue weighted by Crippen LogP contribution is 2.19. The summed E-state index contributed by atoms with van der Waals surface area (Å²) in [7, 11) is 0. The monoisotopic (exact) mass is 379 g/mol. The third kappa shape index (κ3) is 5.67. The van der Waals surface area contributed by atoms with Gasteiger partial charge in [-0.3, -0.25) is 14.4 Å². The van der Waals surface area contributed by atoms with Crippen LogP contribution >= 0.6 is 0 Å². The lowest BCUT2D eigenvalue weighted by atomic mass is 9.95. The highest BCUT2D eigenvalue weighted by molar-refractivity contribution is 5.92. The van der Waals surface area contributed by atoms with Crippen LogP contribution in [0.2, 0.25) is 0 Å². The number of carbonyl (C=O) groups excluding carboxylic acids is 3. The van der Waals surface area contributed by atoms with Crippen molar-refractivity contribution >= 4 is 23.4 Å². The van der Waals surface area contributed by atoms with Crippen molar-refractivity contribution in [1.29, 1.82) is 0 Å². The standard InChI is InChI=1S/C22H25N3O3/c26-20(15-17-7-3-1-4-8-17)23-16-21(27)25-13-11-18(12-14-25)22(28)24-19-9-5-2-6-10-19/h1-10,18H,11-16H2,(H,23,26)(H,24,28). The molecular formula is C22H25N3O3. The molecule has 1 heterocycles. The summed E-state index contributed by atoms with van der Waals surface area (Å²) >= 11 is 0. The zero-order valence-corrected chi connectivity index (χ0v) is 15.8. The normalized spacial score (nSPS) is 14.4. The number of amides is 3. The molecule has 146 valence electrons. The molecule has 0 unspecified atom stereocenters. The number of likely N-dealkylation sites (tertiary alicyclic amines) is 1. The molecule has 0 spiro atoms. The van der Waals surface area contributed by atoms with Gasteiger partial charge in [-0.15, -0.1) is 0 Å². The topological polar surface area (TPSA) is 78.5 Å². The lowest BCUT2D eigenvalue weighted by molar-refractivity contribution is -0.135. The molecule has 6 heteroatoms. The van der Waals surface area contributed by atoms with E-state index in [-0.39, 0.29) is 36.6 Å². The fraction of sp³-hybridized carbons (Fsp3) is 0.318. The molecule has 1 fully saturated rings. The lowest BCUT2D eigenvalue weighted by Crippen LogP contribution is -2.45. The Hall–Kier alpha value is -3.15. The minimum atomic E-state index is -0.170. The molecule has 1 saturated heterocycles. The van der Waals surface area contributed by atoms with E-state index >= 15 is 0 Å². The summed E-state index contributed by atoms with van der Waals surface area (Å²) in [6, 6.07) is 18.8. The number of benzene rings is 2. The van der Waals surface area contributed by atoms with Crippen LogP contribution in [0.1, 0.15) is 18.4 Å². The summed E-state index contributed by atoms with van der Waals surface area (Å²) < 4.78 is 0. The number of nitrogens with one attached hydrogen (secondary N) is 2. The first-order valence-electron chi connectivity index (χ1n) is 9.56. The maximum absolute atomic E-state index is 12.4. The van der Waals surface area contributed by atoms with Crippen molar-refractivity contribution in [2.75, 3.05) is 25.0 Å². The maximum Gasteiger partial charge on any atom is 0.241 e. The van der Waals surface area contributed by atoms with Gasteiger partial charge in [-0.05, 0) is 30.5 Å². The first kappa shape index (κ1) is 19.6. The summed E-state index contributed by atoms with van der Waals surface area (Å²) in [6.07, 6.45) is 1.51. The van der Waals surface area contributed by atoms with Crippen molar-refractivity contribution in [3.05, 3.63) is 66.2 Å². The van der Waals surface area contributed by atoms with Gasteiger partial charge < -0.3 is 15.5 Å². The Labute approximate surface area is 164 Å². The van der Waals surface area contributed by atoms with Crippen LogP contribution in [-0.2, 0) is 20.8 Å². The van der Waals surface area contributed by atoms with Gasteiger partial charge in [-0.2, -0.15) is 0 Å². The summed E-state index contributed by atoms with van der Waals surface area (Å²) in [5.41, 5.74) is 1.70. The zero-order valence-electron chi connectivity index (χ0n) is 15.8. The van der Waals surface area contributed by atoms with E-state index in [2.05, 4.69) is 10.6 Å². The smallest absolute Gasteiger partial charge is 0.241 e. The van der Waals surface area contributed by atoms with Crippen LogP contribution < -0.4 is 10.6 Å². The van der Waals surface area contributed by atoms with Gasteiger partial charge in [0.2, 0.25) is 17.7 Å². The second kappa shape index (κ2) is 9.69. The van der Waals surface area contributed by atoms with E-state index < -0.39 is 0 Å². The third-order valence-corrected chi connectivity index (χ3v) is 4.90. The average Bonchev–Trinajstić information content (AvgIpc) is 2.73. The average molecular weight is 379 g/mol. The largest absolute Gasteiger partial charge is 0.347 e. The van der Waals surface area contributed by atoms with Crippen LogP contribution in [0.25, 0.3) is 0 Å². The van der Waals surface area contributed by atoms with Crippen LogP contribution in [0.15, 0.2) is 60.7 Å². The number of hydrogen-bond acceptors (Lipinski definition) is 3. The number of piperidine rings is 1. The SMILES string of the molecule is O=C(Cc1ccccc1)NCC(=O)N1CCC(C(=O)Nc2ccccc2)CC1. The molecular weight excluding hydrogens is 354 g/mol. The molecule has 1 aliphatic rings. The predicted octanol–water partition coefficient (Wildman–Crippen LogP) is 2.22. The quantitative estimate of drug-likeness (QED) is 0.808. The number of hydrogen-bond donors (Lipinski definition) is 2. The van der Waals surface area contributed by atoms with Gasteiger partial charge >= 0.3 is 0 Å². The van der Waals surface area contributed by atoms with Crippen molar-refractivity contribution in [3.63, 3.8) is 0 Å². The molecule has 2 N–H and O–H groups in total. The Bertz CT molecular complexity index is 800. The molecule has 0 bridgehead atoms. The molecule has 0 saturated carbocycles. The molecule has 0 aromatic heterocycles. The molecule has 2 aromatic carbocycles. The summed E-state index contributed by atoms with van der Waals surface area (Å²) in [5.74, 6) is -0.383. The molecule has 6 nitrogen and oxygen atoms in total. The minimum Gasteiger partial charge on any atom is -0.347 e. The molecule has 28 heavy (non-hydrogen) atoms. The van der Waals surface area contributed by atoms with Gasteiger partial charge in [-0.25, -0.2) is 0 Å². The van der Waals surface area contributed by atoms with Crippen molar-refractivity contribution in [1.82, 2.24) is 10.2 Å². The fourth-order valence-electron chi connectivity index (χ4n) is 3.29. The maximum atomic E-state index is 12.4. The number of carbonyl (C=O) groups is 3. The predicted molar refractivity (Wildman–Crippen MR) is 108 cm³/mol. The minimum absolute atomic E-state index is 0.00513. The van der Waals surface area contributed by atoms with E-state index in [9.17, 15) is 14.4 Å². The van der Waals surface area contributed by atoms with Gasteiger partial charge in [0.05, 0.1) is 13.0 Å². The number of para-hydroxylation sites is 1. The summed E-state index contributed by atoms with van der Waals surface area (Å²) in [5, 5.41) is 5.60. The van der Waals surface area contributed by atoms with Gasteiger partial charge in [-0.1, -0.05) is 48.5 Å². The zero-order chi connectivity index (χ0) is 19.8. The molecule has 3 amide bonds. The molecule has 0 atom stereocenters. The van der Waals surface area contributed by atoms with Gasteiger partial charge in [0.1, 0.15) is 0 Å². The Balaban J connectivity index is 1.38. The highest BCUT2D eigenvalue weighted by Gasteiger charge is 2.27. The van der Waals surface area contributed by atoms with Crippen molar-refractivity contribution < 1.29 is 14.4 Å². The molecule has 3 rings (SSSR count). The van der Waals surface area contributed by atoms with Crippen LogP contribution in [0.3, 0.4) is 0 Å². The first-order valence-corrected chi connectivity index (χ1v) is 9.56. The van der Waals surface area contributed by atoms with Gasteiger partial charge in [0, 0.05) is 24.7 Å². The fourth-order valence-corrected chi connectivity index (χ4v) is 3.29. The van der Waals surface area contributed by atoms with E-state index in [0.717, 1.165) is 11.3 Å². The molecule has 0 radical (unpaired) electrons. The Morgan fingerprint density at radius 3 is 2.14 bits per heavy atom. The Morgan fingerprint density at radius 2 is 1.50 bits per heavy atom. The summed E-state index contributed by atoms with van der Waals surface area (Å²) in [6.45, 7) is 1.05. The second-order valence-corrected chi connectivity index (χ2v) is 6.95.